The highest BCUT2D eigenvalue weighted by Crippen LogP contribution is 2.15. The van der Waals surface area contributed by atoms with E-state index in [0.717, 1.165) is 22.6 Å². The molecule has 1 heterocycles. The molecule has 0 atom stereocenters. The molecule has 0 aliphatic rings. The van der Waals surface area contributed by atoms with Crippen molar-refractivity contribution < 1.29 is 9.32 Å². The maximum atomic E-state index is 12.2. The minimum atomic E-state index is -0.218. The third-order valence-electron chi connectivity index (χ3n) is 3.20. The van der Waals surface area contributed by atoms with Gasteiger partial charge in [-0.25, -0.2) is 4.79 Å². The first-order valence-corrected chi connectivity index (χ1v) is 6.52. The van der Waals surface area contributed by atoms with Gasteiger partial charge in [-0.2, -0.15) is 0 Å². The number of carbonyl (C=O) groups excluding carboxylic acids is 1. The number of hydrogen-bond donors (Lipinski definition) is 1. The Labute approximate surface area is 123 Å². The summed E-state index contributed by atoms with van der Waals surface area (Å²) in [5.41, 5.74) is 3.11. The van der Waals surface area contributed by atoms with Crippen LogP contribution < -0.4 is 5.32 Å². The summed E-state index contributed by atoms with van der Waals surface area (Å²) in [4.78, 5) is 13.7. The van der Waals surface area contributed by atoms with Crippen LogP contribution in [0.1, 0.15) is 22.6 Å². The SMILES string of the molecule is C#Cc1cccc(NC(=O)N(C)Cc2c(C)noc2C)c1. The van der Waals surface area contributed by atoms with Gasteiger partial charge in [0.2, 0.25) is 0 Å². The van der Waals surface area contributed by atoms with Crippen molar-refractivity contribution in [3.05, 3.63) is 46.8 Å². The molecule has 0 fully saturated rings. The van der Waals surface area contributed by atoms with Gasteiger partial charge in [-0.05, 0) is 32.0 Å². The van der Waals surface area contributed by atoms with Gasteiger partial charge in [0.1, 0.15) is 5.76 Å². The Bertz CT molecular complexity index is 678. The van der Waals surface area contributed by atoms with Crippen molar-refractivity contribution in [2.24, 2.45) is 0 Å². The minimum Gasteiger partial charge on any atom is -0.361 e. The number of rotatable bonds is 3. The summed E-state index contributed by atoms with van der Waals surface area (Å²) in [5.74, 6) is 3.26. The number of urea groups is 1. The molecule has 0 saturated heterocycles. The second kappa shape index (κ2) is 6.14. The van der Waals surface area contributed by atoms with E-state index in [1.807, 2.05) is 19.9 Å². The topological polar surface area (TPSA) is 58.4 Å². The summed E-state index contributed by atoms with van der Waals surface area (Å²) in [6.45, 7) is 4.12. The molecule has 1 aromatic carbocycles. The molecule has 2 rings (SSSR count). The highest BCUT2D eigenvalue weighted by molar-refractivity contribution is 5.89. The number of anilines is 1. The Kier molecular flexibility index (Phi) is 4.29. The quantitative estimate of drug-likeness (QED) is 0.881. The van der Waals surface area contributed by atoms with Gasteiger partial charge in [0.25, 0.3) is 0 Å². The van der Waals surface area contributed by atoms with Gasteiger partial charge in [0.15, 0.2) is 0 Å². The first kappa shape index (κ1) is 14.7. The molecule has 0 aliphatic carbocycles. The number of aromatic nitrogens is 1. The summed E-state index contributed by atoms with van der Waals surface area (Å²) in [6.07, 6.45) is 5.34. The van der Waals surface area contributed by atoms with Crippen LogP contribution in [0, 0.1) is 26.2 Å². The predicted molar refractivity (Wildman–Crippen MR) is 80.8 cm³/mol. The lowest BCUT2D eigenvalue weighted by Crippen LogP contribution is -2.31. The fourth-order valence-electron chi connectivity index (χ4n) is 1.94. The summed E-state index contributed by atoms with van der Waals surface area (Å²) in [5, 5.41) is 6.69. The van der Waals surface area contributed by atoms with Crippen molar-refractivity contribution in [1.29, 1.82) is 0 Å². The zero-order valence-corrected chi connectivity index (χ0v) is 12.3. The van der Waals surface area contributed by atoms with Gasteiger partial charge in [-0.15, -0.1) is 6.42 Å². The Morgan fingerprint density at radius 3 is 2.86 bits per heavy atom. The monoisotopic (exact) mass is 283 g/mol. The van der Waals surface area contributed by atoms with Crippen molar-refractivity contribution in [2.45, 2.75) is 20.4 Å². The molecule has 2 aromatic rings. The molecule has 5 nitrogen and oxygen atoms in total. The zero-order chi connectivity index (χ0) is 15.4. The van der Waals surface area contributed by atoms with E-state index in [9.17, 15) is 4.79 Å². The van der Waals surface area contributed by atoms with Crippen LogP contribution in [0.2, 0.25) is 0 Å². The molecule has 21 heavy (non-hydrogen) atoms. The number of aryl methyl sites for hydroxylation is 2. The number of nitrogens with one attached hydrogen (secondary N) is 1. The van der Waals surface area contributed by atoms with E-state index in [2.05, 4.69) is 16.4 Å². The molecule has 2 amide bonds. The van der Waals surface area contributed by atoms with Gasteiger partial charge < -0.3 is 14.7 Å². The van der Waals surface area contributed by atoms with Crippen molar-refractivity contribution >= 4 is 11.7 Å². The minimum absolute atomic E-state index is 0.218. The molecule has 0 spiro atoms. The number of amides is 2. The van der Waals surface area contributed by atoms with E-state index >= 15 is 0 Å². The van der Waals surface area contributed by atoms with Gasteiger partial charge in [0.05, 0.1) is 12.2 Å². The van der Waals surface area contributed by atoms with Crippen molar-refractivity contribution in [2.75, 3.05) is 12.4 Å². The van der Waals surface area contributed by atoms with Crippen molar-refractivity contribution in [1.82, 2.24) is 10.1 Å². The molecular weight excluding hydrogens is 266 g/mol. The number of nitrogens with zero attached hydrogens (tertiary/aromatic N) is 2. The van der Waals surface area contributed by atoms with Crippen LogP contribution in [-0.2, 0) is 6.54 Å². The largest absolute Gasteiger partial charge is 0.361 e. The van der Waals surface area contributed by atoms with E-state index < -0.39 is 0 Å². The average molecular weight is 283 g/mol. The van der Waals surface area contributed by atoms with E-state index in [-0.39, 0.29) is 6.03 Å². The first-order chi connectivity index (χ1) is 10.0. The molecular formula is C16H17N3O2. The maximum absolute atomic E-state index is 12.2. The molecule has 0 unspecified atom stereocenters. The summed E-state index contributed by atoms with van der Waals surface area (Å²) >= 11 is 0. The summed E-state index contributed by atoms with van der Waals surface area (Å²) < 4.78 is 5.09. The first-order valence-electron chi connectivity index (χ1n) is 6.52. The van der Waals surface area contributed by atoms with Crippen LogP contribution >= 0.6 is 0 Å². The molecule has 0 bridgehead atoms. The normalized spacial score (nSPS) is 10.0. The number of benzene rings is 1. The van der Waals surface area contributed by atoms with E-state index in [1.165, 1.54) is 0 Å². The maximum Gasteiger partial charge on any atom is 0.321 e. The second-order valence-electron chi connectivity index (χ2n) is 4.81. The Balaban J connectivity index is 2.04. The molecule has 5 heteroatoms. The average Bonchev–Trinajstić information content (AvgIpc) is 2.79. The lowest BCUT2D eigenvalue weighted by atomic mass is 10.2. The second-order valence-corrected chi connectivity index (χ2v) is 4.81. The van der Waals surface area contributed by atoms with Crippen LogP contribution in [0.5, 0.6) is 0 Å². The number of carbonyl (C=O) groups is 1. The van der Waals surface area contributed by atoms with E-state index in [4.69, 9.17) is 10.9 Å². The smallest absolute Gasteiger partial charge is 0.321 e. The number of hydrogen-bond acceptors (Lipinski definition) is 3. The van der Waals surface area contributed by atoms with Crippen LogP contribution in [0.4, 0.5) is 10.5 Å². The van der Waals surface area contributed by atoms with Crippen LogP contribution in [0.25, 0.3) is 0 Å². The molecule has 0 radical (unpaired) electrons. The highest BCUT2D eigenvalue weighted by Gasteiger charge is 2.15. The molecule has 1 aromatic heterocycles. The molecule has 0 aliphatic heterocycles. The predicted octanol–water partition coefficient (Wildman–Crippen LogP) is 2.94. The van der Waals surface area contributed by atoms with Gasteiger partial charge >= 0.3 is 6.03 Å². The van der Waals surface area contributed by atoms with Crippen LogP contribution in [0.3, 0.4) is 0 Å². The third-order valence-corrected chi connectivity index (χ3v) is 3.20. The van der Waals surface area contributed by atoms with Gasteiger partial charge in [-0.1, -0.05) is 17.1 Å². The third kappa shape index (κ3) is 3.42. The summed E-state index contributed by atoms with van der Waals surface area (Å²) in [7, 11) is 1.71. The van der Waals surface area contributed by atoms with E-state index in [1.54, 1.807) is 30.1 Å². The van der Waals surface area contributed by atoms with E-state index in [0.29, 0.717) is 12.2 Å². The number of terminal acetylenes is 1. The lowest BCUT2D eigenvalue weighted by molar-refractivity contribution is 0.220. The highest BCUT2D eigenvalue weighted by atomic mass is 16.5. The Morgan fingerprint density at radius 2 is 2.24 bits per heavy atom. The summed E-state index contributed by atoms with van der Waals surface area (Å²) in [6, 6.07) is 6.94. The van der Waals surface area contributed by atoms with Gasteiger partial charge in [0, 0.05) is 23.9 Å². The Morgan fingerprint density at radius 1 is 1.48 bits per heavy atom. The standard InChI is InChI=1S/C16H17N3O2/c1-5-13-7-6-8-14(9-13)17-16(20)19(4)10-15-11(2)18-21-12(15)3/h1,6-9H,10H2,2-4H3,(H,17,20). The zero-order valence-electron chi connectivity index (χ0n) is 12.3. The lowest BCUT2D eigenvalue weighted by Gasteiger charge is -2.18. The van der Waals surface area contributed by atoms with Crippen molar-refractivity contribution in [3.63, 3.8) is 0 Å². The van der Waals surface area contributed by atoms with Crippen molar-refractivity contribution in [3.8, 4) is 12.3 Å². The fraction of sp³-hybridized carbons (Fsp3) is 0.250. The van der Waals surface area contributed by atoms with Crippen LogP contribution in [-0.4, -0.2) is 23.1 Å². The molecule has 0 saturated carbocycles. The molecule has 108 valence electrons. The van der Waals surface area contributed by atoms with Gasteiger partial charge in [-0.3, -0.25) is 0 Å². The Hall–Kier alpha value is -2.74. The molecule has 1 N–H and O–H groups in total. The fourth-order valence-corrected chi connectivity index (χ4v) is 1.94. The van der Waals surface area contributed by atoms with Crippen LogP contribution in [0.15, 0.2) is 28.8 Å².